The molecule has 2 heterocycles. The van der Waals surface area contributed by atoms with E-state index < -0.39 is 29.4 Å². The number of amides is 1. The number of ether oxygens (including phenoxy) is 1. The van der Waals surface area contributed by atoms with Crippen molar-refractivity contribution in [2.24, 2.45) is 0 Å². The second-order valence-corrected chi connectivity index (χ2v) is 7.78. The lowest BCUT2D eigenvalue weighted by molar-refractivity contribution is -0.137. The first-order valence-electron chi connectivity index (χ1n) is 10.0. The van der Waals surface area contributed by atoms with Crippen LogP contribution in [0.15, 0.2) is 48.7 Å². The van der Waals surface area contributed by atoms with Gasteiger partial charge in [-0.05, 0) is 49.2 Å². The van der Waals surface area contributed by atoms with E-state index >= 15 is 0 Å². The van der Waals surface area contributed by atoms with Crippen LogP contribution in [0.3, 0.4) is 0 Å². The maximum Gasteiger partial charge on any atom is 0.416 e. The number of hydrogen-bond donors (Lipinski definition) is 1. The smallest absolute Gasteiger partial charge is 0.416 e. The lowest BCUT2D eigenvalue weighted by atomic mass is 9.84. The molecule has 1 unspecified atom stereocenters. The molecule has 2 atom stereocenters. The molecule has 3 aromatic rings. The van der Waals surface area contributed by atoms with Crippen LogP contribution in [0, 0.1) is 5.82 Å². The number of nitrogens with zero attached hydrogens (tertiary/aromatic N) is 2. The largest absolute Gasteiger partial charge is 0.494 e. The summed E-state index contributed by atoms with van der Waals surface area (Å²) in [5, 5.41) is 6.82. The molecule has 1 aromatic heterocycles. The second kappa shape index (κ2) is 8.34. The first-order valence-corrected chi connectivity index (χ1v) is 10.0. The first-order chi connectivity index (χ1) is 15.6. The Hall–Kier alpha value is -3.69. The van der Waals surface area contributed by atoms with Gasteiger partial charge in [0.2, 0.25) is 0 Å². The third kappa shape index (κ3) is 4.20. The molecule has 0 aliphatic carbocycles. The molecule has 1 amide bonds. The molecule has 1 aliphatic rings. The molecule has 0 bridgehead atoms. The van der Waals surface area contributed by atoms with Crippen LogP contribution in [0.25, 0.3) is 0 Å². The number of alkyl halides is 3. The summed E-state index contributed by atoms with van der Waals surface area (Å²) < 4.78 is 58.7. The normalized spacial score (nSPS) is 18.1. The van der Waals surface area contributed by atoms with Crippen LogP contribution in [0.4, 0.5) is 23.2 Å². The predicted octanol–water partition coefficient (Wildman–Crippen LogP) is 5.23. The summed E-state index contributed by atoms with van der Waals surface area (Å²) in [4.78, 5) is 26.0. The molecule has 0 saturated heterocycles. The zero-order valence-electron chi connectivity index (χ0n) is 17.6. The summed E-state index contributed by atoms with van der Waals surface area (Å²) in [5.41, 5.74) is 0.0877. The number of benzene rings is 2. The lowest BCUT2D eigenvalue weighted by Crippen LogP contribution is -2.29. The highest BCUT2D eigenvalue weighted by Gasteiger charge is 2.37. The summed E-state index contributed by atoms with van der Waals surface area (Å²) in [7, 11) is 1.27. The van der Waals surface area contributed by atoms with Crippen molar-refractivity contribution >= 4 is 17.4 Å². The van der Waals surface area contributed by atoms with Crippen LogP contribution in [-0.4, -0.2) is 28.6 Å². The van der Waals surface area contributed by atoms with E-state index in [0.29, 0.717) is 12.0 Å². The Morgan fingerprint density at radius 1 is 1.18 bits per heavy atom. The van der Waals surface area contributed by atoms with E-state index in [2.05, 4.69) is 10.4 Å². The van der Waals surface area contributed by atoms with Crippen LogP contribution in [0.2, 0.25) is 0 Å². The fraction of sp³-hybridized carbons (Fsp3) is 0.261. The molecular weight excluding hydrogens is 442 g/mol. The Bertz CT molecular complexity index is 1220. The number of Topliss-reactive ketones (excluding diaryl/α,β-unsaturated/α-hetero) is 1. The van der Waals surface area contributed by atoms with E-state index in [9.17, 15) is 27.2 Å². The molecule has 6 nitrogen and oxygen atoms in total. The monoisotopic (exact) mass is 461 g/mol. The molecule has 1 aliphatic heterocycles. The number of carbonyl (C=O) groups excluding carboxylic acids is 2. The number of ketones is 1. The highest BCUT2D eigenvalue weighted by Crippen LogP contribution is 2.39. The van der Waals surface area contributed by atoms with Crippen molar-refractivity contribution in [3.05, 3.63) is 76.9 Å². The Labute approximate surface area is 186 Å². The molecule has 33 heavy (non-hydrogen) atoms. The molecule has 0 fully saturated rings. The van der Waals surface area contributed by atoms with Crippen LogP contribution >= 0.6 is 0 Å². The van der Waals surface area contributed by atoms with Gasteiger partial charge in [0.25, 0.3) is 5.91 Å². The van der Waals surface area contributed by atoms with E-state index in [0.717, 1.165) is 18.2 Å². The van der Waals surface area contributed by atoms with E-state index in [4.69, 9.17) is 4.74 Å². The maximum absolute atomic E-state index is 13.6. The standard InChI is InChI=1S/C23H19F4N3O3/c1-12-9-16(13-3-6-15(7-4-13)23(25,26)27)21(31)20-18(11-28-30(12)20)29-22(32)14-5-8-17(24)19(10-14)33-2/h3-8,10-12,16H,9H2,1-2H3,(H,29,32)/t12-,16?/m0/s1. The lowest BCUT2D eigenvalue weighted by Gasteiger charge is -2.28. The average molecular weight is 461 g/mol. The topological polar surface area (TPSA) is 73.2 Å². The number of carbonyl (C=O) groups is 2. The summed E-state index contributed by atoms with van der Waals surface area (Å²) >= 11 is 0. The number of fused-ring (bicyclic) bond motifs is 1. The third-order valence-electron chi connectivity index (χ3n) is 5.64. The van der Waals surface area contributed by atoms with Gasteiger partial charge in [-0.2, -0.15) is 18.3 Å². The Balaban J connectivity index is 1.62. The second-order valence-electron chi connectivity index (χ2n) is 7.78. The minimum atomic E-state index is -4.47. The third-order valence-corrected chi connectivity index (χ3v) is 5.64. The van der Waals surface area contributed by atoms with Gasteiger partial charge in [0.1, 0.15) is 5.69 Å². The quantitative estimate of drug-likeness (QED) is 0.540. The van der Waals surface area contributed by atoms with Crippen molar-refractivity contribution in [1.29, 1.82) is 0 Å². The van der Waals surface area contributed by atoms with Gasteiger partial charge in [-0.15, -0.1) is 0 Å². The van der Waals surface area contributed by atoms with Crippen molar-refractivity contribution in [2.45, 2.75) is 31.5 Å². The summed E-state index contributed by atoms with van der Waals surface area (Å²) in [6.45, 7) is 1.83. The van der Waals surface area contributed by atoms with Crippen molar-refractivity contribution < 1.29 is 31.9 Å². The van der Waals surface area contributed by atoms with Gasteiger partial charge in [0, 0.05) is 5.56 Å². The Morgan fingerprint density at radius 3 is 2.52 bits per heavy atom. The van der Waals surface area contributed by atoms with Crippen molar-refractivity contribution in [3.8, 4) is 5.75 Å². The van der Waals surface area contributed by atoms with Crippen LogP contribution in [0.5, 0.6) is 5.75 Å². The number of aromatic nitrogens is 2. The molecule has 4 rings (SSSR count). The average Bonchev–Trinajstić information content (AvgIpc) is 3.20. The van der Waals surface area contributed by atoms with Gasteiger partial charge >= 0.3 is 6.18 Å². The van der Waals surface area contributed by atoms with Gasteiger partial charge in [0.15, 0.2) is 17.3 Å². The number of rotatable bonds is 4. The number of anilines is 1. The zero-order chi connectivity index (χ0) is 23.9. The summed E-state index contributed by atoms with van der Waals surface area (Å²) in [5.74, 6) is -2.38. The van der Waals surface area contributed by atoms with Gasteiger partial charge < -0.3 is 10.1 Å². The molecule has 0 radical (unpaired) electrons. The number of halogens is 4. The fourth-order valence-corrected chi connectivity index (χ4v) is 3.93. The highest BCUT2D eigenvalue weighted by atomic mass is 19.4. The van der Waals surface area contributed by atoms with E-state index in [1.807, 2.05) is 6.92 Å². The minimum absolute atomic E-state index is 0.105. The zero-order valence-corrected chi connectivity index (χ0v) is 17.6. The molecule has 0 spiro atoms. The Kier molecular flexibility index (Phi) is 5.69. The number of methoxy groups -OCH3 is 1. The maximum atomic E-state index is 13.6. The molecular formula is C23H19F4N3O3. The summed E-state index contributed by atoms with van der Waals surface area (Å²) in [6, 6.07) is 7.86. The van der Waals surface area contributed by atoms with Gasteiger partial charge in [0.05, 0.1) is 36.5 Å². The Morgan fingerprint density at radius 2 is 1.88 bits per heavy atom. The minimum Gasteiger partial charge on any atom is -0.494 e. The molecule has 0 saturated carbocycles. The van der Waals surface area contributed by atoms with Crippen molar-refractivity contribution in [1.82, 2.24) is 9.78 Å². The van der Waals surface area contributed by atoms with Crippen LogP contribution < -0.4 is 10.1 Å². The van der Waals surface area contributed by atoms with E-state index in [1.54, 1.807) is 0 Å². The molecule has 2 aromatic carbocycles. The molecule has 10 heteroatoms. The highest BCUT2D eigenvalue weighted by molar-refractivity contribution is 6.10. The SMILES string of the molecule is COc1cc(C(=O)Nc2cnn3c2C(=O)C(c2ccc(C(F)(F)F)cc2)C[C@@H]3C)ccc1F. The van der Waals surface area contributed by atoms with Crippen molar-refractivity contribution in [2.75, 3.05) is 12.4 Å². The summed E-state index contributed by atoms with van der Waals surface area (Å²) in [6.07, 6.45) is -2.78. The van der Waals surface area contributed by atoms with Gasteiger partial charge in [-0.25, -0.2) is 4.39 Å². The van der Waals surface area contributed by atoms with Crippen molar-refractivity contribution in [3.63, 3.8) is 0 Å². The van der Waals surface area contributed by atoms with Gasteiger partial charge in [-0.1, -0.05) is 12.1 Å². The molecule has 172 valence electrons. The van der Waals surface area contributed by atoms with Crippen LogP contribution in [-0.2, 0) is 6.18 Å². The van der Waals surface area contributed by atoms with E-state index in [-0.39, 0.29) is 34.5 Å². The first kappa shape index (κ1) is 22.5. The molecule has 1 N–H and O–H groups in total. The fourth-order valence-electron chi connectivity index (χ4n) is 3.93. The predicted molar refractivity (Wildman–Crippen MR) is 111 cm³/mol. The van der Waals surface area contributed by atoms with E-state index in [1.165, 1.54) is 42.3 Å². The number of hydrogen-bond acceptors (Lipinski definition) is 4. The number of nitrogens with one attached hydrogen (secondary N) is 1. The van der Waals surface area contributed by atoms with Gasteiger partial charge in [-0.3, -0.25) is 14.3 Å². The van der Waals surface area contributed by atoms with Crippen LogP contribution in [0.1, 0.15) is 57.3 Å².